The predicted molar refractivity (Wildman–Crippen MR) is 142 cm³/mol. The minimum Gasteiger partial charge on any atom is -0.481 e. The van der Waals surface area contributed by atoms with Gasteiger partial charge in [0.2, 0.25) is 0 Å². The van der Waals surface area contributed by atoms with Crippen molar-refractivity contribution < 1.29 is 14.7 Å². The molecule has 1 unspecified atom stereocenters. The zero-order chi connectivity index (χ0) is 25.1. The smallest absolute Gasteiger partial charge is 0.309 e. The lowest BCUT2D eigenvalue weighted by atomic mass is 9.33. The van der Waals surface area contributed by atoms with Gasteiger partial charge in [0.15, 0.2) is 5.78 Å². The number of hydrogen-bond acceptors (Lipinski definition) is 3. The molecule has 0 bridgehead atoms. The molecular weight excluding hydrogens is 458 g/mol. The van der Waals surface area contributed by atoms with Gasteiger partial charge >= 0.3 is 5.97 Å². The average molecular weight is 506 g/mol. The van der Waals surface area contributed by atoms with E-state index in [0.717, 1.165) is 51.4 Å². The number of carboxylic acid groups (broad SMARTS) is 1. The molecule has 0 aromatic carbocycles. The molecule has 5 rings (SSSR count). The van der Waals surface area contributed by atoms with Crippen molar-refractivity contribution in [1.82, 2.24) is 0 Å². The Bertz CT molecular complexity index is 975. The highest BCUT2D eigenvalue weighted by molar-refractivity contribution is 5.95. The van der Waals surface area contributed by atoms with Gasteiger partial charge in [0.1, 0.15) is 0 Å². The van der Waals surface area contributed by atoms with Crippen LogP contribution in [0.4, 0.5) is 0 Å². The molecule has 9 atom stereocenters. The summed E-state index contributed by atoms with van der Waals surface area (Å²) in [6, 6.07) is 0.196. The molecule has 0 aromatic rings. The maximum absolute atomic E-state index is 14.2. The van der Waals surface area contributed by atoms with Crippen molar-refractivity contribution in [3.05, 3.63) is 11.6 Å². The van der Waals surface area contributed by atoms with Crippen molar-refractivity contribution >= 4 is 24.2 Å². The molecule has 35 heavy (non-hydrogen) atoms. The topological polar surface area (TPSA) is 80.4 Å². The molecule has 0 radical (unpaired) electrons. The van der Waals surface area contributed by atoms with Crippen molar-refractivity contribution in [2.24, 2.45) is 56.0 Å². The van der Waals surface area contributed by atoms with Gasteiger partial charge in [-0.15, -0.1) is 12.4 Å². The molecule has 5 heteroatoms. The van der Waals surface area contributed by atoms with E-state index in [0.29, 0.717) is 18.1 Å². The molecule has 0 saturated heterocycles. The van der Waals surface area contributed by atoms with Crippen LogP contribution in [0.1, 0.15) is 106 Å². The van der Waals surface area contributed by atoms with E-state index in [9.17, 15) is 14.7 Å². The van der Waals surface area contributed by atoms with E-state index in [1.54, 1.807) is 0 Å². The molecule has 4 saturated carbocycles. The lowest BCUT2D eigenvalue weighted by Crippen LogP contribution is -2.67. The van der Waals surface area contributed by atoms with Gasteiger partial charge in [0, 0.05) is 12.0 Å². The third-order valence-electron chi connectivity index (χ3n) is 13.2. The van der Waals surface area contributed by atoms with Gasteiger partial charge in [-0.2, -0.15) is 0 Å². The molecule has 5 aliphatic rings. The summed E-state index contributed by atoms with van der Waals surface area (Å²) >= 11 is 0. The summed E-state index contributed by atoms with van der Waals surface area (Å²) in [6.45, 7) is 16.2. The second kappa shape index (κ2) is 7.82. The molecule has 0 aromatic heterocycles. The Morgan fingerprint density at radius 1 is 0.943 bits per heavy atom. The summed E-state index contributed by atoms with van der Waals surface area (Å²) in [5.74, 6) is 0.313. The van der Waals surface area contributed by atoms with Gasteiger partial charge in [-0.1, -0.05) is 47.1 Å². The number of carbonyl (C=O) groups excluding carboxylic acids is 1. The van der Waals surface area contributed by atoms with E-state index < -0.39 is 11.4 Å². The van der Waals surface area contributed by atoms with Gasteiger partial charge in [0.05, 0.1) is 5.41 Å². The van der Waals surface area contributed by atoms with Gasteiger partial charge < -0.3 is 10.8 Å². The van der Waals surface area contributed by atoms with Crippen molar-refractivity contribution in [1.29, 1.82) is 0 Å². The number of ketones is 1. The van der Waals surface area contributed by atoms with Gasteiger partial charge in [-0.3, -0.25) is 9.59 Å². The maximum atomic E-state index is 14.2. The Labute approximate surface area is 218 Å². The van der Waals surface area contributed by atoms with E-state index in [-0.39, 0.29) is 57.4 Å². The molecule has 4 fully saturated rings. The summed E-state index contributed by atoms with van der Waals surface area (Å²) in [5.41, 5.74) is 7.21. The Morgan fingerprint density at radius 3 is 2.20 bits per heavy atom. The normalized spacial score (nSPS) is 52.6. The van der Waals surface area contributed by atoms with Crippen molar-refractivity contribution in [2.45, 2.75) is 112 Å². The number of halogens is 1. The van der Waals surface area contributed by atoms with Crippen LogP contribution in [0.25, 0.3) is 0 Å². The van der Waals surface area contributed by atoms with Crippen LogP contribution in [0, 0.1) is 50.2 Å². The lowest BCUT2D eigenvalue weighted by Gasteiger charge is -2.70. The molecule has 5 aliphatic carbocycles. The second-order valence-corrected chi connectivity index (χ2v) is 15.0. The minimum atomic E-state index is -0.697. The van der Waals surface area contributed by atoms with E-state index in [1.807, 2.05) is 6.92 Å². The Balaban J connectivity index is 0.00000289. The second-order valence-electron chi connectivity index (χ2n) is 15.0. The first kappa shape index (κ1) is 27.2. The molecule has 198 valence electrons. The number of nitrogens with two attached hydrogens (primary N) is 1. The van der Waals surface area contributed by atoms with Crippen LogP contribution in [0.2, 0.25) is 0 Å². The van der Waals surface area contributed by atoms with Gasteiger partial charge in [-0.05, 0) is 110 Å². The largest absolute Gasteiger partial charge is 0.481 e. The van der Waals surface area contributed by atoms with Crippen LogP contribution in [0.15, 0.2) is 11.6 Å². The zero-order valence-corrected chi connectivity index (χ0v) is 23.8. The van der Waals surface area contributed by atoms with E-state index in [2.05, 4.69) is 47.6 Å². The molecule has 0 aliphatic heterocycles. The number of allylic oxidation sites excluding steroid dienone is 2. The van der Waals surface area contributed by atoms with Crippen LogP contribution in [-0.4, -0.2) is 22.9 Å². The van der Waals surface area contributed by atoms with Crippen LogP contribution in [0.3, 0.4) is 0 Å². The Hall–Kier alpha value is -0.870. The SMILES string of the molecule is CC1(C)C(N)CC[C@]2(C)[C@H]3C(=O)C=C4[C@H]5C[C@@](C)(C(=O)O)CC[C@]5(C)CC[C@@]4(C)[C@]3(C)CC[C@@H]12.Cl. The lowest BCUT2D eigenvalue weighted by molar-refractivity contribution is -0.188. The number of aliphatic carboxylic acids is 1. The fraction of sp³-hybridized carbons (Fsp3) is 0.867. The first-order chi connectivity index (χ1) is 15.6. The third-order valence-corrected chi connectivity index (χ3v) is 13.2. The highest BCUT2D eigenvalue weighted by Crippen LogP contribution is 2.75. The van der Waals surface area contributed by atoms with E-state index >= 15 is 0 Å². The average Bonchev–Trinajstić information content (AvgIpc) is 2.73. The zero-order valence-electron chi connectivity index (χ0n) is 23.0. The van der Waals surface area contributed by atoms with Crippen molar-refractivity contribution in [2.75, 3.05) is 0 Å². The maximum Gasteiger partial charge on any atom is 0.309 e. The van der Waals surface area contributed by atoms with E-state index in [4.69, 9.17) is 5.73 Å². The van der Waals surface area contributed by atoms with Gasteiger partial charge in [0.25, 0.3) is 0 Å². The highest BCUT2D eigenvalue weighted by Gasteiger charge is 2.70. The third kappa shape index (κ3) is 3.27. The minimum absolute atomic E-state index is 0. The van der Waals surface area contributed by atoms with E-state index in [1.165, 1.54) is 5.57 Å². The number of carboxylic acids is 1. The summed E-state index contributed by atoms with van der Waals surface area (Å²) in [7, 11) is 0. The standard InChI is InChI=1S/C30H47NO3.ClH/c1-25(2)21-8-11-30(7)23(28(21,5)10-9-22(25)31)20(32)16-18-19-17-27(4,24(33)34)13-12-26(19,3)14-15-29(18,30)6;/h16,19,21-23H,8-15,17,31H2,1-7H3,(H,33,34);1H/t19-,21+,22?,23-,26-,27+,28+,29-,30-;/m1./s1. The molecular formula is C30H48ClNO3. The fourth-order valence-electron chi connectivity index (χ4n) is 10.4. The van der Waals surface area contributed by atoms with Crippen LogP contribution in [0.5, 0.6) is 0 Å². The summed E-state index contributed by atoms with van der Waals surface area (Å²) in [6.07, 6.45) is 10.9. The van der Waals surface area contributed by atoms with Gasteiger partial charge in [-0.25, -0.2) is 0 Å². The summed E-state index contributed by atoms with van der Waals surface area (Å²) in [5, 5.41) is 10.1. The summed E-state index contributed by atoms with van der Waals surface area (Å²) < 4.78 is 0. The first-order valence-corrected chi connectivity index (χ1v) is 13.8. The molecule has 4 nitrogen and oxygen atoms in total. The van der Waals surface area contributed by atoms with Crippen LogP contribution < -0.4 is 5.73 Å². The number of fused-ring (bicyclic) bond motifs is 7. The molecule has 0 heterocycles. The molecule has 3 N–H and O–H groups in total. The fourth-order valence-corrected chi connectivity index (χ4v) is 10.4. The predicted octanol–water partition coefficient (Wildman–Crippen LogP) is 6.80. The quantitative estimate of drug-likeness (QED) is 0.410. The summed E-state index contributed by atoms with van der Waals surface area (Å²) in [4.78, 5) is 26.5. The molecule has 0 amide bonds. The van der Waals surface area contributed by atoms with Crippen molar-refractivity contribution in [3.63, 3.8) is 0 Å². The van der Waals surface area contributed by atoms with Crippen molar-refractivity contribution in [3.8, 4) is 0 Å². The number of carbonyl (C=O) groups is 2. The van der Waals surface area contributed by atoms with Crippen LogP contribution in [-0.2, 0) is 9.59 Å². The Morgan fingerprint density at radius 2 is 1.57 bits per heavy atom. The Kier molecular flexibility index (Phi) is 6.07. The first-order valence-electron chi connectivity index (χ1n) is 13.8. The van der Waals surface area contributed by atoms with Crippen LogP contribution >= 0.6 is 12.4 Å². The monoisotopic (exact) mass is 505 g/mol. The number of hydrogen-bond donors (Lipinski definition) is 2. The molecule has 0 spiro atoms. The highest BCUT2D eigenvalue weighted by atomic mass is 35.5. The number of rotatable bonds is 1.